The van der Waals surface area contributed by atoms with Crippen LogP contribution in [0.2, 0.25) is 0 Å². The molecule has 0 unspecified atom stereocenters. The molecule has 17 heavy (non-hydrogen) atoms. The average Bonchev–Trinajstić information content (AvgIpc) is 2.19. The van der Waals surface area contributed by atoms with Gasteiger partial charge in [0, 0.05) is 20.6 Å². The second-order valence-corrected chi connectivity index (χ2v) is 5.86. The quantitative estimate of drug-likeness (QED) is 0.771. The van der Waals surface area contributed by atoms with Gasteiger partial charge in [0.05, 0.1) is 4.90 Å². The summed E-state index contributed by atoms with van der Waals surface area (Å²) in [5, 5.41) is 1.40. The molecule has 0 radical (unpaired) electrons. The fourth-order valence-electron chi connectivity index (χ4n) is 1.59. The van der Waals surface area contributed by atoms with E-state index in [4.69, 9.17) is 5.73 Å². The Bertz CT molecular complexity index is 510. The summed E-state index contributed by atoms with van der Waals surface area (Å²) >= 11 is 0. The third-order valence-corrected chi connectivity index (χ3v) is 4.12. The predicted molar refractivity (Wildman–Crippen MR) is 67.8 cm³/mol. The van der Waals surface area contributed by atoms with Crippen molar-refractivity contribution in [2.24, 2.45) is 5.73 Å². The first-order valence-electron chi connectivity index (χ1n) is 5.28. The molecule has 0 aliphatic rings. The van der Waals surface area contributed by atoms with Gasteiger partial charge in [0.1, 0.15) is 0 Å². The monoisotopic (exact) mass is 257 g/mol. The smallest absolute Gasteiger partial charge is 0.253 e. The molecule has 0 saturated carbocycles. The maximum absolute atomic E-state index is 12.1. The minimum atomic E-state index is -3.52. The van der Waals surface area contributed by atoms with Crippen LogP contribution in [0.4, 0.5) is 0 Å². The molecule has 0 heterocycles. The van der Waals surface area contributed by atoms with Gasteiger partial charge in [-0.1, -0.05) is 6.07 Å². The molecule has 0 saturated heterocycles. The van der Waals surface area contributed by atoms with Gasteiger partial charge in [0.25, 0.3) is 10.0 Å². The van der Waals surface area contributed by atoms with E-state index in [1.807, 2.05) is 13.0 Å². The van der Waals surface area contributed by atoms with Gasteiger partial charge in [-0.2, -0.15) is 0 Å². The van der Waals surface area contributed by atoms with Crippen LogP contribution in [0.25, 0.3) is 0 Å². The van der Waals surface area contributed by atoms with E-state index in [-0.39, 0.29) is 4.90 Å². The Morgan fingerprint density at radius 2 is 1.88 bits per heavy atom. The molecule has 1 aromatic rings. The van der Waals surface area contributed by atoms with Crippen LogP contribution in [-0.4, -0.2) is 27.5 Å². The highest BCUT2D eigenvalue weighted by Crippen LogP contribution is 2.20. The van der Waals surface area contributed by atoms with Crippen LogP contribution in [0.3, 0.4) is 0 Å². The molecule has 96 valence electrons. The summed E-state index contributed by atoms with van der Waals surface area (Å²) in [4.78, 5) is 2.70. The molecule has 0 spiro atoms. The number of benzene rings is 1. The Morgan fingerprint density at radius 1 is 1.29 bits per heavy atom. The molecule has 1 rings (SSSR count). The van der Waals surface area contributed by atoms with Crippen LogP contribution in [0, 0.1) is 13.8 Å². The number of hydrogen-bond donors (Lipinski definition) is 2. The number of hydrazine groups is 1. The molecule has 5 nitrogen and oxygen atoms in total. The van der Waals surface area contributed by atoms with Crippen LogP contribution in [-0.2, 0) is 16.6 Å². The van der Waals surface area contributed by atoms with Crippen molar-refractivity contribution in [2.45, 2.75) is 25.3 Å². The lowest BCUT2D eigenvalue weighted by atomic mass is 10.1. The predicted octanol–water partition coefficient (Wildman–Crippen LogP) is 0.517. The van der Waals surface area contributed by atoms with E-state index >= 15 is 0 Å². The summed E-state index contributed by atoms with van der Waals surface area (Å²) in [6.07, 6.45) is 0. The first-order valence-corrected chi connectivity index (χ1v) is 6.76. The lowest BCUT2D eigenvalue weighted by molar-refractivity contribution is 0.364. The average molecular weight is 257 g/mol. The minimum absolute atomic E-state index is 0.284. The molecule has 1 aromatic carbocycles. The Balaban J connectivity index is 3.35. The summed E-state index contributed by atoms with van der Waals surface area (Å²) in [5.41, 5.74) is 8.04. The normalized spacial score (nSPS) is 12.1. The molecule has 0 aromatic heterocycles. The minimum Gasteiger partial charge on any atom is -0.326 e. The number of sulfonamides is 1. The number of nitrogens with one attached hydrogen (secondary N) is 1. The number of rotatable bonds is 4. The Hall–Kier alpha value is -0.950. The summed E-state index contributed by atoms with van der Waals surface area (Å²) in [6, 6.07) is 3.53. The van der Waals surface area contributed by atoms with E-state index in [1.54, 1.807) is 27.1 Å². The lowest BCUT2D eigenvalue weighted by Crippen LogP contribution is -2.36. The van der Waals surface area contributed by atoms with Crippen LogP contribution in [0.1, 0.15) is 16.7 Å². The van der Waals surface area contributed by atoms with Gasteiger partial charge in [-0.05, 0) is 36.6 Å². The molecule has 0 aliphatic carbocycles. The Kier molecular flexibility index (Phi) is 4.26. The third kappa shape index (κ3) is 3.26. The summed E-state index contributed by atoms with van der Waals surface area (Å²) < 4.78 is 24.2. The van der Waals surface area contributed by atoms with Crippen molar-refractivity contribution in [3.8, 4) is 0 Å². The molecule has 0 fully saturated rings. The van der Waals surface area contributed by atoms with E-state index in [1.165, 1.54) is 5.01 Å². The summed E-state index contributed by atoms with van der Waals surface area (Å²) in [6.45, 7) is 3.99. The fourth-order valence-corrected chi connectivity index (χ4v) is 3.04. The maximum atomic E-state index is 12.1. The first-order chi connectivity index (χ1) is 7.77. The standard InChI is InChI=1S/C11H19N3O2S/c1-8-5-10(7-12)6-11(9(8)2)17(15,16)13-14(3)4/h5-6,13H,7,12H2,1-4H3. The van der Waals surface area contributed by atoms with Gasteiger partial charge in [-0.3, -0.25) is 0 Å². The molecule has 3 N–H and O–H groups in total. The number of nitrogens with zero attached hydrogens (tertiary/aromatic N) is 1. The molecule has 6 heteroatoms. The van der Waals surface area contributed by atoms with Crippen molar-refractivity contribution < 1.29 is 8.42 Å². The van der Waals surface area contributed by atoms with E-state index in [9.17, 15) is 8.42 Å². The van der Waals surface area contributed by atoms with Gasteiger partial charge < -0.3 is 5.73 Å². The van der Waals surface area contributed by atoms with Crippen LogP contribution >= 0.6 is 0 Å². The second-order valence-electron chi connectivity index (χ2n) is 4.23. The van der Waals surface area contributed by atoms with E-state index < -0.39 is 10.0 Å². The highest BCUT2D eigenvalue weighted by atomic mass is 32.2. The molecular weight excluding hydrogens is 238 g/mol. The number of nitrogens with two attached hydrogens (primary N) is 1. The maximum Gasteiger partial charge on any atom is 0.253 e. The van der Waals surface area contributed by atoms with Crippen LogP contribution in [0.5, 0.6) is 0 Å². The van der Waals surface area contributed by atoms with Crippen molar-refractivity contribution in [3.63, 3.8) is 0 Å². The Morgan fingerprint density at radius 3 is 2.35 bits per heavy atom. The van der Waals surface area contributed by atoms with E-state index in [0.717, 1.165) is 16.7 Å². The van der Waals surface area contributed by atoms with Crippen molar-refractivity contribution in [1.29, 1.82) is 0 Å². The van der Waals surface area contributed by atoms with Gasteiger partial charge in [0.2, 0.25) is 0 Å². The number of hydrogen-bond acceptors (Lipinski definition) is 4. The lowest BCUT2D eigenvalue weighted by Gasteiger charge is -2.16. The van der Waals surface area contributed by atoms with Crippen molar-refractivity contribution >= 4 is 10.0 Å². The topological polar surface area (TPSA) is 75.4 Å². The zero-order valence-electron chi connectivity index (χ0n) is 10.6. The SMILES string of the molecule is Cc1cc(CN)cc(S(=O)(=O)NN(C)C)c1C. The Labute approximate surface area is 103 Å². The zero-order chi connectivity index (χ0) is 13.2. The fraction of sp³-hybridized carbons (Fsp3) is 0.455. The third-order valence-electron chi connectivity index (χ3n) is 2.51. The van der Waals surface area contributed by atoms with Crippen LogP contribution < -0.4 is 10.6 Å². The number of aryl methyl sites for hydroxylation is 1. The van der Waals surface area contributed by atoms with Gasteiger partial charge >= 0.3 is 0 Å². The first kappa shape index (κ1) is 14.1. The van der Waals surface area contributed by atoms with Gasteiger partial charge in [-0.15, -0.1) is 4.83 Å². The van der Waals surface area contributed by atoms with Crippen LogP contribution in [0.15, 0.2) is 17.0 Å². The highest BCUT2D eigenvalue weighted by molar-refractivity contribution is 7.89. The van der Waals surface area contributed by atoms with Gasteiger partial charge in [-0.25, -0.2) is 13.4 Å². The molecule has 0 atom stereocenters. The molecule has 0 bridgehead atoms. The summed E-state index contributed by atoms with van der Waals surface area (Å²) in [5.74, 6) is 0. The van der Waals surface area contributed by atoms with Crippen molar-refractivity contribution in [3.05, 3.63) is 28.8 Å². The van der Waals surface area contributed by atoms with Crippen molar-refractivity contribution in [1.82, 2.24) is 9.84 Å². The van der Waals surface area contributed by atoms with Crippen molar-refractivity contribution in [2.75, 3.05) is 14.1 Å². The van der Waals surface area contributed by atoms with E-state index in [2.05, 4.69) is 4.83 Å². The molecule has 0 amide bonds. The summed E-state index contributed by atoms with van der Waals surface area (Å²) in [7, 11) is -0.262. The second kappa shape index (κ2) is 5.14. The molecular formula is C11H19N3O2S. The van der Waals surface area contributed by atoms with E-state index in [0.29, 0.717) is 6.54 Å². The largest absolute Gasteiger partial charge is 0.326 e. The highest BCUT2D eigenvalue weighted by Gasteiger charge is 2.19. The van der Waals surface area contributed by atoms with Gasteiger partial charge in [0.15, 0.2) is 0 Å². The molecule has 0 aliphatic heterocycles. The zero-order valence-corrected chi connectivity index (χ0v) is 11.4.